The maximum Gasteiger partial charge on any atom is 0.0717 e. The highest BCUT2D eigenvalue weighted by atomic mass is 16.3. The molecule has 1 aromatic heterocycles. The molecule has 0 unspecified atom stereocenters. The van der Waals surface area contributed by atoms with E-state index in [1.165, 1.54) is 0 Å². The summed E-state index contributed by atoms with van der Waals surface area (Å²) in [5.41, 5.74) is 3.07. The summed E-state index contributed by atoms with van der Waals surface area (Å²) < 4.78 is 0. The Bertz CT molecular complexity index is 359. The lowest BCUT2D eigenvalue weighted by Gasteiger charge is -2.35. The van der Waals surface area contributed by atoms with Crippen molar-refractivity contribution < 1.29 is 5.11 Å². The van der Waals surface area contributed by atoms with Crippen LogP contribution in [0, 0.1) is 6.92 Å². The molecule has 0 atom stereocenters. The monoisotopic (exact) mass is 221 g/mol. The molecule has 0 aliphatic carbocycles. The van der Waals surface area contributed by atoms with E-state index in [9.17, 15) is 5.11 Å². The summed E-state index contributed by atoms with van der Waals surface area (Å²) in [6.07, 6.45) is 1.78. The van der Waals surface area contributed by atoms with Crippen LogP contribution in [-0.4, -0.2) is 48.2 Å². The van der Waals surface area contributed by atoms with E-state index < -0.39 is 0 Å². The third kappa shape index (κ3) is 2.33. The quantitative estimate of drug-likeness (QED) is 0.795. The number of hydrogen-bond acceptors (Lipinski definition) is 4. The van der Waals surface area contributed by atoms with Gasteiger partial charge in [-0.1, -0.05) is 0 Å². The van der Waals surface area contributed by atoms with E-state index in [1.54, 1.807) is 6.20 Å². The van der Waals surface area contributed by atoms with Crippen molar-refractivity contribution in [1.82, 2.24) is 9.88 Å². The van der Waals surface area contributed by atoms with E-state index in [4.69, 9.17) is 0 Å². The summed E-state index contributed by atoms with van der Waals surface area (Å²) in [5.74, 6) is 0. The van der Waals surface area contributed by atoms with Gasteiger partial charge in [-0.2, -0.15) is 0 Å². The van der Waals surface area contributed by atoms with Crippen molar-refractivity contribution in [2.45, 2.75) is 13.5 Å². The molecule has 88 valence electrons. The van der Waals surface area contributed by atoms with Crippen molar-refractivity contribution in [3.8, 4) is 0 Å². The summed E-state index contributed by atoms with van der Waals surface area (Å²) in [6, 6.07) is 2.07. The molecule has 2 rings (SSSR count). The third-order valence-electron chi connectivity index (χ3n) is 3.11. The number of anilines is 1. The molecule has 2 heterocycles. The number of aliphatic hydroxyl groups is 1. The zero-order valence-corrected chi connectivity index (χ0v) is 9.98. The number of nitrogens with zero attached hydrogens (tertiary/aromatic N) is 3. The summed E-state index contributed by atoms with van der Waals surface area (Å²) in [4.78, 5) is 8.88. The first kappa shape index (κ1) is 11.4. The third-order valence-corrected chi connectivity index (χ3v) is 3.11. The van der Waals surface area contributed by atoms with Crippen molar-refractivity contribution in [3.63, 3.8) is 0 Å². The van der Waals surface area contributed by atoms with Gasteiger partial charge < -0.3 is 14.9 Å². The van der Waals surface area contributed by atoms with Gasteiger partial charge in [0.05, 0.1) is 6.61 Å². The lowest BCUT2D eigenvalue weighted by molar-refractivity contribution is 0.279. The predicted octanol–water partition coefficient (Wildman–Crippen LogP) is 0.634. The van der Waals surface area contributed by atoms with E-state index >= 15 is 0 Å². The number of aliphatic hydroxyl groups excluding tert-OH is 1. The number of aryl methyl sites for hydroxylation is 1. The van der Waals surface area contributed by atoms with Gasteiger partial charge >= 0.3 is 0 Å². The molecule has 0 spiro atoms. The molecule has 4 heteroatoms. The molecule has 1 N–H and O–H groups in total. The highest BCUT2D eigenvalue weighted by Gasteiger charge is 2.16. The summed E-state index contributed by atoms with van der Waals surface area (Å²) in [7, 11) is 2.14. The summed E-state index contributed by atoms with van der Waals surface area (Å²) in [5, 5.41) is 9.31. The number of aromatic nitrogens is 1. The first-order chi connectivity index (χ1) is 7.70. The first-order valence-electron chi connectivity index (χ1n) is 5.70. The van der Waals surface area contributed by atoms with Crippen molar-refractivity contribution in [3.05, 3.63) is 23.5 Å². The fraction of sp³-hybridized carbons (Fsp3) is 0.583. The molecule has 1 saturated heterocycles. The van der Waals surface area contributed by atoms with Gasteiger partial charge in [-0.3, -0.25) is 4.98 Å². The Balaban J connectivity index is 2.21. The number of hydrogen-bond donors (Lipinski definition) is 1. The highest BCUT2D eigenvalue weighted by molar-refractivity contribution is 5.53. The average Bonchev–Trinajstić information content (AvgIpc) is 2.30. The SMILES string of the molecule is Cc1cc(N2CCN(C)CC2)c(CO)cn1. The molecule has 0 aromatic carbocycles. The Morgan fingerprint density at radius 2 is 2.00 bits per heavy atom. The molecular formula is C12H19N3O. The van der Waals surface area contributed by atoms with E-state index in [0.717, 1.165) is 43.1 Å². The minimum atomic E-state index is 0.0644. The molecule has 1 aliphatic heterocycles. The number of likely N-dealkylation sites (N-methyl/N-ethyl adjacent to an activating group) is 1. The van der Waals surface area contributed by atoms with Crippen LogP contribution in [0.3, 0.4) is 0 Å². The average molecular weight is 221 g/mol. The fourth-order valence-electron chi connectivity index (χ4n) is 2.04. The molecule has 16 heavy (non-hydrogen) atoms. The van der Waals surface area contributed by atoms with E-state index in [0.29, 0.717) is 0 Å². The minimum absolute atomic E-state index is 0.0644. The Hall–Kier alpha value is -1.13. The van der Waals surface area contributed by atoms with Crippen LogP contribution in [-0.2, 0) is 6.61 Å². The Kier molecular flexibility index (Phi) is 3.41. The van der Waals surface area contributed by atoms with Crippen LogP contribution in [0.2, 0.25) is 0 Å². The van der Waals surface area contributed by atoms with Gasteiger partial charge in [0.15, 0.2) is 0 Å². The van der Waals surface area contributed by atoms with Crippen molar-refractivity contribution in [2.24, 2.45) is 0 Å². The molecule has 0 radical (unpaired) electrons. The maximum absolute atomic E-state index is 9.31. The minimum Gasteiger partial charge on any atom is -0.392 e. The summed E-state index contributed by atoms with van der Waals surface area (Å²) >= 11 is 0. The van der Waals surface area contributed by atoms with Gasteiger partial charge in [-0.25, -0.2) is 0 Å². The molecule has 4 nitrogen and oxygen atoms in total. The van der Waals surface area contributed by atoms with Gasteiger partial charge in [0.25, 0.3) is 0 Å². The number of piperazine rings is 1. The second-order valence-corrected chi connectivity index (χ2v) is 4.40. The van der Waals surface area contributed by atoms with Gasteiger partial charge in [0.2, 0.25) is 0 Å². The normalized spacial score (nSPS) is 17.8. The molecular weight excluding hydrogens is 202 g/mol. The molecule has 1 aliphatic rings. The maximum atomic E-state index is 9.31. The zero-order chi connectivity index (χ0) is 11.5. The second-order valence-electron chi connectivity index (χ2n) is 4.40. The Morgan fingerprint density at radius 1 is 1.31 bits per heavy atom. The lowest BCUT2D eigenvalue weighted by atomic mass is 10.1. The van der Waals surface area contributed by atoms with Crippen molar-refractivity contribution in [1.29, 1.82) is 0 Å². The van der Waals surface area contributed by atoms with Crippen LogP contribution in [0.25, 0.3) is 0 Å². The van der Waals surface area contributed by atoms with Gasteiger partial charge in [-0.05, 0) is 20.0 Å². The van der Waals surface area contributed by atoms with Crippen molar-refractivity contribution >= 4 is 5.69 Å². The Morgan fingerprint density at radius 3 is 2.62 bits per heavy atom. The van der Waals surface area contributed by atoms with Crippen LogP contribution in [0.4, 0.5) is 5.69 Å². The fourth-order valence-corrected chi connectivity index (χ4v) is 2.04. The standard InChI is InChI=1S/C12H19N3O/c1-10-7-12(11(9-16)8-13-10)15-5-3-14(2)4-6-15/h7-8,16H,3-6,9H2,1-2H3. The van der Waals surface area contributed by atoms with Crippen molar-refractivity contribution in [2.75, 3.05) is 38.1 Å². The smallest absolute Gasteiger partial charge is 0.0717 e. The highest BCUT2D eigenvalue weighted by Crippen LogP contribution is 2.22. The topological polar surface area (TPSA) is 39.6 Å². The molecule has 0 amide bonds. The van der Waals surface area contributed by atoms with Gasteiger partial charge in [0, 0.05) is 49.3 Å². The van der Waals surface area contributed by atoms with Gasteiger partial charge in [-0.15, -0.1) is 0 Å². The largest absolute Gasteiger partial charge is 0.392 e. The van der Waals surface area contributed by atoms with Crippen LogP contribution < -0.4 is 4.90 Å². The molecule has 0 bridgehead atoms. The van der Waals surface area contributed by atoms with Crippen LogP contribution in [0.15, 0.2) is 12.3 Å². The van der Waals surface area contributed by atoms with E-state index in [-0.39, 0.29) is 6.61 Å². The number of pyridine rings is 1. The zero-order valence-electron chi connectivity index (χ0n) is 9.98. The summed E-state index contributed by atoms with van der Waals surface area (Å²) in [6.45, 7) is 6.24. The van der Waals surface area contributed by atoms with E-state index in [1.807, 2.05) is 6.92 Å². The predicted molar refractivity (Wildman–Crippen MR) is 64.6 cm³/mol. The molecule has 1 fully saturated rings. The second kappa shape index (κ2) is 4.80. The lowest BCUT2D eigenvalue weighted by Crippen LogP contribution is -2.44. The van der Waals surface area contributed by atoms with Crippen LogP contribution in [0.1, 0.15) is 11.3 Å². The number of rotatable bonds is 2. The van der Waals surface area contributed by atoms with E-state index in [2.05, 4.69) is 27.9 Å². The van der Waals surface area contributed by atoms with Crippen LogP contribution >= 0.6 is 0 Å². The Labute approximate surface area is 96.5 Å². The molecule has 0 saturated carbocycles. The molecule has 1 aromatic rings. The first-order valence-corrected chi connectivity index (χ1v) is 5.70. The van der Waals surface area contributed by atoms with Gasteiger partial charge in [0.1, 0.15) is 0 Å². The van der Waals surface area contributed by atoms with Crippen LogP contribution in [0.5, 0.6) is 0 Å².